The van der Waals surface area contributed by atoms with E-state index in [0.29, 0.717) is 17.8 Å². The van der Waals surface area contributed by atoms with Crippen molar-refractivity contribution in [3.63, 3.8) is 0 Å². The Morgan fingerprint density at radius 1 is 0.867 bits per heavy atom. The zero-order chi connectivity index (χ0) is 21.2. The van der Waals surface area contributed by atoms with Gasteiger partial charge in [-0.1, -0.05) is 30.3 Å². The minimum absolute atomic E-state index is 0.0705. The van der Waals surface area contributed by atoms with Crippen molar-refractivity contribution in [1.29, 1.82) is 0 Å². The third-order valence-corrected chi connectivity index (χ3v) is 5.37. The molecule has 2 aromatic carbocycles. The summed E-state index contributed by atoms with van der Waals surface area (Å²) in [7, 11) is 0. The molecule has 3 rings (SSSR count). The number of amides is 2. The Kier molecular flexibility index (Phi) is 8.41. The number of nitrogens with one attached hydrogen (secondary N) is 2. The summed E-state index contributed by atoms with van der Waals surface area (Å²) in [5.74, 6) is -0.191. The van der Waals surface area contributed by atoms with Crippen molar-refractivity contribution in [2.75, 3.05) is 44.6 Å². The van der Waals surface area contributed by atoms with Gasteiger partial charge in [-0.3, -0.25) is 14.5 Å². The number of nitrogens with zero attached hydrogens (tertiary/aromatic N) is 2. The van der Waals surface area contributed by atoms with Gasteiger partial charge in [0.25, 0.3) is 5.91 Å². The minimum Gasteiger partial charge on any atom is -0.352 e. The average Bonchev–Trinajstić information content (AvgIpc) is 2.75. The molecule has 1 aliphatic rings. The molecule has 2 N–H and O–H groups in total. The first kappa shape index (κ1) is 22.0. The Hall–Kier alpha value is -2.70. The zero-order valence-corrected chi connectivity index (χ0v) is 17.8. The molecule has 2 amide bonds. The lowest BCUT2D eigenvalue weighted by Crippen LogP contribution is -2.46. The van der Waals surface area contributed by atoms with Crippen LogP contribution in [-0.2, 0) is 11.3 Å². The fourth-order valence-electron chi connectivity index (χ4n) is 3.69. The second-order valence-corrected chi connectivity index (χ2v) is 7.82. The highest BCUT2D eigenvalue weighted by atomic mass is 16.2. The van der Waals surface area contributed by atoms with Gasteiger partial charge in [-0.05, 0) is 49.2 Å². The molecule has 0 aromatic heterocycles. The minimum atomic E-state index is -0.121. The largest absolute Gasteiger partial charge is 0.352 e. The van der Waals surface area contributed by atoms with E-state index in [1.54, 1.807) is 24.3 Å². The van der Waals surface area contributed by atoms with Crippen LogP contribution in [0.5, 0.6) is 0 Å². The van der Waals surface area contributed by atoms with Gasteiger partial charge in [0.2, 0.25) is 5.91 Å². The van der Waals surface area contributed by atoms with Gasteiger partial charge in [0.1, 0.15) is 0 Å². The SMILES string of the molecule is CC(=O)Nc1ccc(C(=O)NCCCCN2CCN(Cc3ccccc3)CC2)cc1. The first-order valence-corrected chi connectivity index (χ1v) is 10.7. The van der Waals surface area contributed by atoms with Crippen LogP contribution in [0.25, 0.3) is 0 Å². The normalized spacial score (nSPS) is 15.0. The number of unbranched alkanes of at least 4 members (excludes halogenated alkanes) is 1. The molecule has 160 valence electrons. The van der Waals surface area contributed by atoms with E-state index in [9.17, 15) is 9.59 Å². The first-order chi connectivity index (χ1) is 14.6. The highest BCUT2D eigenvalue weighted by Crippen LogP contribution is 2.10. The molecule has 0 bridgehead atoms. The molecule has 0 aliphatic carbocycles. The summed E-state index contributed by atoms with van der Waals surface area (Å²) in [4.78, 5) is 28.3. The zero-order valence-electron chi connectivity index (χ0n) is 17.8. The summed E-state index contributed by atoms with van der Waals surface area (Å²) in [6, 6.07) is 17.6. The molecule has 1 aliphatic heterocycles. The molecule has 1 saturated heterocycles. The molecular formula is C24H32N4O2. The van der Waals surface area contributed by atoms with Gasteiger partial charge >= 0.3 is 0 Å². The van der Waals surface area contributed by atoms with E-state index in [1.165, 1.54) is 12.5 Å². The maximum atomic E-state index is 12.2. The monoisotopic (exact) mass is 408 g/mol. The smallest absolute Gasteiger partial charge is 0.251 e. The van der Waals surface area contributed by atoms with Crippen LogP contribution in [0.2, 0.25) is 0 Å². The third-order valence-electron chi connectivity index (χ3n) is 5.37. The standard InChI is InChI=1S/C24H32N4O2/c1-20(29)26-23-11-9-22(10-12-23)24(30)25-13-5-6-14-27-15-17-28(18-16-27)19-21-7-3-2-4-8-21/h2-4,7-12H,5-6,13-19H2,1H3,(H,25,30)(H,26,29). The second kappa shape index (κ2) is 11.5. The quantitative estimate of drug-likeness (QED) is 0.626. The average molecular weight is 409 g/mol. The molecule has 30 heavy (non-hydrogen) atoms. The Balaban J connectivity index is 1.27. The summed E-state index contributed by atoms with van der Waals surface area (Å²) in [5, 5.41) is 5.68. The van der Waals surface area contributed by atoms with Gasteiger partial charge in [0.15, 0.2) is 0 Å². The van der Waals surface area contributed by atoms with Crippen molar-refractivity contribution in [2.45, 2.75) is 26.3 Å². The molecule has 0 atom stereocenters. The van der Waals surface area contributed by atoms with Crippen LogP contribution in [0.1, 0.15) is 35.7 Å². The van der Waals surface area contributed by atoms with Crippen LogP contribution in [0, 0.1) is 0 Å². The van der Waals surface area contributed by atoms with E-state index in [2.05, 4.69) is 50.8 Å². The maximum Gasteiger partial charge on any atom is 0.251 e. The Labute approximate surface area is 179 Å². The molecule has 0 saturated carbocycles. The Morgan fingerprint density at radius 3 is 2.20 bits per heavy atom. The Bertz CT molecular complexity index is 800. The van der Waals surface area contributed by atoms with Crippen molar-refractivity contribution in [1.82, 2.24) is 15.1 Å². The molecule has 1 heterocycles. The number of hydrogen-bond acceptors (Lipinski definition) is 4. The Morgan fingerprint density at radius 2 is 1.53 bits per heavy atom. The number of rotatable bonds is 9. The fourth-order valence-corrected chi connectivity index (χ4v) is 3.69. The van der Waals surface area contributed by atoms with E-state index in [4.69, 9.17) is 0 Å². The van der Waals surface area contributed by atoms with E-state index in [1.807, 2.05) is 0 Å². The maximum absolute atomic E-state index is 12.2. The van der Waals surface area contributed by atoms with Crippen LogP contribution in [0.3, 0.4) is 0 Å². The summed E-state index contributed by atoms with van der Waals surface area (Å²) in [6.07, 6.45) is 2.06. The molecule has 6 nitrogen and oxygen atoms in total. The van der Waals surface area contributed by atoms with Crippen LogP contribution >= 0.6 is 0 Å². The van der Waals surface area contributed by atoms with Gasteiger partial charge in [-0.25, -0.2) is 0 Å². The van der Waals surface area contributed by atoms with Crippen molar-refractivity contribution in [3.05, 3.63) is 65.7 Å². The van der Waals surface area contributed by atoms with E-state index >= 15 is 0 Å². The van der Waals surface area contributed by atoms with E-state index in [-0.39, 0.29) is 11.8 Å². The van der Waals surface area contributed by atoms with Crippen molar-refractivity contribution in [2.24, 2.45) is 0 Å². The number of hydrogen-bond donors (Lipinski definition) is 2. The predicted molar refractivity (Wildman–Crippen MR) is 120 cm³/mol. The van der Waals surface area contributed by atoms with Gasteiger partial charge in [-0.15, -0.1) is 0 Å². The van der Waals surface area contributed by atoms with Gasteiger partial charge in [-0.2, -0.15) is 0 Å². The molecular weight excluding hydrogens is 376 g/mol. The lowest BCUT2D eigenvalue weighted by atomic mass is 10.2. The van der Waals surface area contributed by atoms with Crippen LogP contribution in [-0.4, -0.2) is 60.9 Å². The molecule has 0 spiro atoms. The van der Waals surface area contributed by atoms with E-state index < -0.39 is 0 Å². The summed E-state index contributed by atoms with van der Waals surface area (Å²) in [6.45, 7) is 8.71. The predicted octanol–water partition coefficient (Wildman–Crippen LogP) is 2.97. The highest BCUT2D eigenvalue weighted by Gasteiger charge is 2.16. The summed E-state index contributed by atoms with van der Waals surface area (Å²) in [5.41, 5.74) is 2.69. The van der Waals surface area contributed by atoms with Crippen LogP contribution < -0.4 is 10.6 Å². The number of piperazine rings is 1. The number of anilines is 1. The summed E-state index contributed by atoms with van der Waals surface area (Å²) < 4.78 is 0. The summed E-state index contributed by atoms with van der Waals surface area (Å²) >= 11 is 0. The lowest BCUT2D eigenvalue weighted by molar-refractivity contribution is -0.114. The van der Waals surface area contributed by atoms with Crippen LogP contribution in [0.15, 0.2) is 54.6 Å². The topological polar surface area (TPSA) is 64.7 Å². The number of benzene rings is 2. The van der Waals surface area contributed by atoms with Crippen molar-refractivity contribution in [3.8, 4) is 0 Å². The first-order valence-electron chi connectivity index (χ1n) is 10.7. The molecule has 6 heteroatoms. The fraction of sp³-hybridized carbons (Fsp3) is 0.417. The van der Waals surface area contributed by atoms with Crippen molar-refractivity contribution < 1.29 is 9.59 Å². The van der Waals surface area contributed by atoms with E-state index in [0.717, 1.165) is 52.1 Å². The lowest BCUT2D eigenvalue weighted by Gasteiger charge is -2.34. The molecule has 1 fully saturated rings. The van der Waals surface area contributed by atoms with Crippen molar-refractivity contribution >= 4 is 17.5 Å². The number of carbonyl (C=O) groups is 2. The highest BCUT2D eigenvalue weighted by molar-refractivity contribution is 5.95. The molecule has 0 radical (unpaired) electrons. The second-order valence-electron chi connectivity index (χ2n) is 7.82. The molecule has 2 aromatic rings. The van der Waals surface area contributed by atoms with Gasteiger partial charge < -0.3 is 15.5 Å². The third kappa shape index (κ3) is 7.28. The van der Waals surface area contributed by atoms with Gasteiger partial charge in [0.05, 0.1) is 0 Å². The van der Waals surface area contributed by atoms with Gasteiger partial charge in [0, 0.05) is 57.4 Å². The van der Waals surface area contributed by atoms with Crippen LogP contribution in [0.4, 0.5) is 5.69 Å². The molecule has 0 unspecified atom stereocenters. The number of carbonyl (C=O) groups excluding carboxylic acids is 2.